The molecule has 132 valence electrons. The third-order valence-corrected chi connectivity index (χ3v) is 3.88. The molecule has 8 heteroatoms. The Morgan fingerprint density at radius 2 is 2.00 bits per heavy atom. The highest BCUT2D eigenvalue weighted by molar-refractivity contribution is 5.92. The molecule has 1 aliphatic rings. The second-order valence-electron chi connectivity index (χ2n) is 6.95. The van der Waals surface area contributed by atoms with E-state index in [0.717, 1.165) is 0 Å². The molecule has 1 saturated heterocycles. The first kappa shape index (κ1) is 18.0. The fourth-order valence-electron chi connectivity index (χ4n) is 2.60. The monoisotopic (exact) mass is 336 g/mol. The van der Waals surface area contributed by atoms with Gasteiger partial charge in [0.15, 0.2) is 5.69 Å². The fourth-order valence-corrected chi connectivity index (χ4v) is 2.60. The first-order valence-corrected chi connectivity index (χ1v) is 7.98. The summed E-state index contributed by atoms with van der Waals surface area (Å²) in [5.41, 5.74) is -0.0726. The molecule has 1 atom stereocenters. The summed E-state index contributed by atoms with van der Waals surface area (Å²) in [4.78, 5) is 37.6. The molecule has 3 amide bonds. The number of amides is 3. The lowest BCUT2D eigenvalue weighted by Gasteiger charge is -2.31. The maximum atomic E-state index is 12.2. The number of carbonyl (C=O) groups is 3. The molecular weight excluding hydrogens is 312 g/mol. The van der Waals surface area contributed by atoms with Gasteiger partial charge in [-0.3, -0.25) is 14.4 Å². The minimum atomic E-state index is -0.351. The molecule has 2 heterocycles. The van der Waals surface area contributed by atoms with Crippen LogP contribution in [0.15, 0.2) is 10.6 Å². The van der Waals surface area contributed by atoms with Crippen molar-refractivity contribution < 1.29 is 18.9 Å². The Labute approximate surface area is 140 Å². The molecule has 1 fully saturated rings. The van der Waals surface area contributed by atoms with E-state index < -0.39 is 0 Å². The molecule has 1 aromatic heterocycles. The van der Waals surface area contributed by atoms with Crippen molar-refractivity contribution in [2.24, 2.45) is 5.92 Å². The van der Waals surface area contributed by atoms with E-state index in [9.17, 15) is 14.4 Å². The average molecular weight is 336 g/mol. The maximum absolute atomic E-state index is 12.2. The van der Waals surface area contributed by atoms with Gasteiger partial charge >= 0.3 is 0 Å². The number of carbonyl (C=O) groups excluding carboxylic acids is 3. The van der Waals surface area contributed by atoms with Gasteiger partial charge in [-0.2, -0.15) is 0 Å². The van der Waals surface area contributed by atoms with Gasteiger partial charge in [0.25, 0.3) is 5.91 Å². The molecule has 0 aromatic carbocycles. The van der Waals surface area contributed by atoms with Crippen LogP contribution in [0.25, 0.3) is 0 Å². The number of hydrogen-bond acceptors (Lipinski definition) is 5. The van der Waals surface area contributed by atoms with Gasteiger partial charge < -0.3 is 20.1 Å². The summed E-state index contributed by atoms with van der Waals surface area (Å²) >= 11 is 0. The lowest BCUT2D eigenvalue weighted by Crippen LogP contribution is -2.43. The van der Waals surface area contributed by atoms with Gasteiger partial charge in [-0.1, -0.05) is 5.16 Å². The predicted octanol–water partition coefficient (Wildman–Crippen LogP) is 0.476. The largest absolute Gasteiger partial charge is 0.361 e. The Hall–Kier alpha value is -2.38. The number of rotatable bonds is 5. The van der Waals surface area contributed by atoms with Gasteiger partial charge in [0.1, 0.15) is 5.76 Å². The van der Waals surface area contributed by atoms with Crippen LogP contribution in [0.1, 0.15) is 43.4 Å². The van der Waals surface area contributed by atoms with Gasteiger partial charge in [0.2, 0.25) is 11.8 Å². The van der Waals surface area contributed by atoms with E-state index in [1.54, 1.807) is 17.9 Å². The summed E-state index contributed by atoms with van der Waals surface area (Å²) in [5.74, 6) is -0.302. The average Bonchev–Trinajstić information content (AvgIpc) is 3.08. The molecule has 24 heavy (non-hydrogen) atoms. The number of nitrogens with zero attached hydrogens (tertiary/aromatic N) is 2. The fraction of sp³-hybridized carbons (Fsp3) is 0.625. The van der Waals surface area contributed by atoms with Crippen LogP contribution in [0.5, 0.6) is 0 Å². The second-order valence-corrected chi connectivity index (χ2v) is 6.95. The normalized spacial score (nSPS) is 17.9. The molecule has 1 unspecified atom stereocenters. The first-order valence-electron chi connectivity index (χ1n) is 7.98. The van der Waals surface area contributed by atoms with Crippen molar-refractivity contribution in [3.05, 3.63) is 17.5 Å². The van der Waals surface area contributed by atoms with Crippen LogP contribution in [0, 0.1) is 12.8 Å². The number of hydrogen-bond donors (Lipinski definition) is 2. The standard InChI is InChI=1S/C16H24N4O4/c1-10-7-12(19-24-10)15(23)18-6-5-17-14(22)11-8-13(21)20(9-11)16(2,3)4/h7,11H,5-6,8-9H2,1-4H3,(H,17,22)(H,18,23). The van der Waals surface area contributed by atoms with Crippen LogP contribution in [-0.4, -0.2) is 53.0 Å². The zero-order valence-electron chi connectivity index (χ0n) is 14.5. The quantitative estimate of drug-likeness (QED) is 0.761. The van der Waals surface area contributed by atoms with E-state index in [4.69, 9.17) is 4.52 Å². The second kappa shape index (κ2) is 7.02. The summed E-state index contributed by atoms with van der Waals surface area (Å²) in [6.07, 6.45) is 0.230. The maximum Gasteiger partial charge on any atom is 0.273 e. The van der Waals surface area contributed by atoms with Crippen molar-refractivity contribution in [2.45, 2.75) is 39.7 Å². The van der Waals surface area contributed by atoms with Crippen LogP contribution in [0.4, 0.5) is 0 Å². The zero-order chi connectivity index (χ0) is 17.9. The summed E-state index contributed by atoms with van der Waals surface area (Å²) in [6.45, 7) is 8.55. The van der Waals surface area contributed by atoms with E-state index in [0.29, 0.717) is 18.8 Å². The number of aryl methyl sites for hydroxylation is 1. The summed E-state index contributed by atoms with van der Waals surface area (Å²) in [5, 5.41) is 9.01. The highest BCUT2D eigenvalue weighted by Crippen LogP contribution is 2.25. The lowest BCUT2D eigenvalue weighted by molar-refractivity contribution is -0.132. The van der Waals surface area contributed by atoms with Gasteiger partial charge in [0.05, 0.1) is 5.92 Å². The third-order valence-electron chi connectivity index (χ3n) is 3.88. The molecule has 0 spiro atoms. The lowest BCUT2D eigenvalue weighted by atomic mass is 10.1. The molecule has 0 saturated carbocycles. The smallest absolute Gasteiger partial charge is 0.273 e. The SMILES string of the molecule is Cc1cc(C(=O)NCCNC(=O)C2CC(=O)N(C(C)(C)C)C2)no1. The highest BCUT2D eigenvalue weighted by Gasteiger charge is 2.39. The molecule has 1 aliphatic heterocycles. The molecule has 2 rings (SSSR count). The predicted molar refractivity (Wildman–Crippen MR) is 86.2 cm³/mol. The summed E-state index contributed by atoms with van der Waals surface area (Å²) in [6, 6.07) is 1.54. The van der Waals surface area contributed by atoms with E-state index in [2.05, 4.69) is 15.8 Å². The molecule has 0 aliphatic carbocycles. The summed E-state index contributed by atoms with van der Waals surface area (Å²) in [7, 11) is 0. The van der Waals surface area contributed by atoms with Crippen LogP contribution in [0.3, 0.4) is 0 Å². The molecule has 2 N–H and O–H groups in total. The Bertz CT molecular complexity index is 632. The van der Waals surface area contributed by atoms with E-state index in [1.165, 1.54) is 0 Å². The summed E-state index contributed by atoms with van der Waals surface area (Å²) < 4.78 is 4.83. The number of aromatic nitrogens is 1. The minimum absolute atomic E-state index is 0.00245. The molecule has 0 bridgehead atoms. The van der Waals surface area contributed by atoms with Crippen molar-refractivity contribution >= 4 is 17.7 Å². The number of likely N-dealkylation sites (tertiary alicyclic amines) is 1. The Kier molecular flexibility index (Phi) is 5.26. The zero-order valence-corrected chi connectivity index (χ0v) is 14.5. The molecule has 1 aromatic rings. The van der Waals surface area contributed by atoms with Gasteiger partial charge in [-0.15, -0.1) is 0 Å². The van der Waals surface area contributed by atoms with Crippen LogP contribution in [-0.2, 0) is 9.59 Å². The van der Waals surface area contributed by atoms with E-state index >= 15 is 0 Å². The van der Waals surface area contributed by atoms with Gasteiger partial charge in [-0.05, 0) is 27.7 Å². The highest BCUT2D eigenvalue weighted by atomic mass is 16.5. The Morgan fingerprint density at radius 1 is 1.33 bits per heavy atom. The van der Waals surface area contributed by atoms with Gasteiger partial charge in [0, 0.05) is 37.7 Å². The van der Waals surface area contributed by atoms with Crippen LogP contribution < -0.4 is 10.6 Å². The molecule has 0 radical (unpaired) electrons. The Balaban J connectivity index is 1.72. The first-order chi connectivity index (χ1) is 11.2. The minimum Gasteiger partial charge on any atom is -0.361 e. The topological polar surface area (TPSA) is 105 Å². The van der Waals surface area contributed by atoms with Crippen molar-refractivity contribution in [2.75, 3.05) is 19.6 Å². The number of nitrogens with one attached hydrogen (secondary N) is 2. The van der Waals surface area contributed by atoms with Crippen LogP contribution >= 0.6 is 0 Å². The molecule has 8 nitrogen and oxygen atoms in total. The van der Waals surface area contributed by atoms with Crippen molar-refractivity contribution in [1.82, 2.24) is 20.7 Å². The van der Waals surface area contributed by atoms with Crippen molar-refractivity contribution in [3.63, 3.8) is 0 Å². The van der Waals surface area contributed by atoms with E-state index in [1.807, 2.05) is 20.8 Å². The molecular formula is C16H24N4O4. The van der Waals surface area contributed by atoms with Crippen LogP contribution in [0.2, 0.25) is 0 Å². The van der Waals surface area contributed by atoms with Crippen molar-refractivity contribution in [1.29, 1.82) is 0 Å². The van der Waals surface area contributed by atoms with Crippen molar-refractivity contribution in [3.8, 4) is 0 Å². The Morgan fingerprint density at radius 3 is 2.54 bits per heavy atom. The van der Waals surface area contributed by atoms with Gasteiger partial charge in [-0.25, -0.2) is 0 Å². The third kappa shape index (κ3) is 4.33. The van der Waals surface area contributed by atoms with E-state index in [-0.39, 0.29) is 47.8 Å².